The maximum atomic E-state index is 11.0. The lowest BCUT2D eigenvalue weighted by Gasteiger charge is -2.38. The third-order valence-corrected chi connectivity index (χ3v) is 4.99. The van der Waals surface area contributed by atoms with Crippen LogP contribution in [-0.4, -0.2) is 29.3 Å². The van der Waals surface area contributed by atoms with Gasteiger partial charge in [0, 0.05) is 6.04 Å². The van der Waals surface area contributed by atoms with Crippen LogP contribution < -0.4 is 5.73 Å². The highest BCUT2D eigenvalue weighted by atomic mass is 16.5. The second kappa shape index (κ2) is 6.23. The first-order valence-corrected chi connectivity index (χ1v) is 7.61. The molecule has 0 aromatic rings. The van der Waals surface area contributed by atoms with Crippen molar-refractivity contribution in [3.05, 3.63) is 0 Å². The van der Waals surface area contributed by atoms with Crippen LogP contribution in [0, 0.1) is 17.8 Å². The van der Waals surface area contributed by atoms with Crippen LogP contribution in [-0.2, 0) is 9.53 Å². The van der Waals surface area contributed by atoms with E-state index in [1.165, 1.54) is 0 Å². The number of hydrogen-bond donors (Lipinski definition) is 2. The Hall–Kier alpha value is -0.610. The van der Waals surface area contributed by atoms with Crippen LogP contribution in [0.25, 0.3) is 0 Å². The molecule has 4 heteroatoms. The molecular formula is C15H27NO3. The Morgan fingerprint density at radius 1 is 1.11 bits per heavy atom. The molecule has 4 nitrogen and oxygen atoms in total. The molecule has 2 saturated carbocycles. The maximum Gasteiger partial charge on any atom is 0.306 e. The molecule has 2 fully saturated rings. The lowest BCUT2D eigenvalue weighted by atomic mass is 9.79. The number of rotatable bonds is 3. The molecule has 2 aliphatic carbocycles. The zero-order valence-electron chi connectivity index (χ0n) is 12.0. The summed E-state index contributed by atoms with van der Waals surface area (Å²) in [5.74, 6) is 0.0567. The minimum Gasteiger partial charge on any atom is -0.481 e. The Labute approximate surface area is 115 Å². The molecule has 0 radical (unpaired) electrons. The molecule has 0 aliphatic heterocycles. The van der Waals surface area contributed by atoms with Gasteiger partial charge in [0.25, 0.3) is 0 Å². The van der Waals surface area contributed by atoms with Gasteiger partial charge in [0.1, 0.15) is 0 Å². The van der Waals surface area contributed by atoms with E-state index in [0.717, 1.165) is 38.5 Å². The van der Waals surface area contributed by atoms with Gasteiger partial charge in [0.05, 0.1) is 18.1 Å². The summed E-state index contributed by atoms with van der Waals surface area (Å²) in [5, 5.41) is 9.07. The van der Waals surface area contributed by atoms with Crippen LogP contribution in [0.4, 0.5) is 0 Å². The predicted octanol–water partition coefficient (Wildman–Crippen LogP) is 2.41. The maximum absolute atomic E-state index is 11.0. The van der Waals surface area contributed by atoms with E-state index in [-0.39, 0.29) is 12.0 Å². The second-order valence-corrected chi connectivity index (χ2v) is 6.58. The average molecular weight is 269 g/mol. The largest absolute Gasteiger partial charge is 0.481 e. The van der Waals surface area contributed by atoms with Gasteiger partial charge in [-0.25, -0.2) is 0 Å². The molecule has 0 heterocycles. The first-order valence-electron chi connectivity index (χ1n) is 7.61. The number of carboxylic acids is 1. The number of aliphatic carboxylic acids is 1. The highest BCUT2D eigenvalue weighted by Gasteiger charge is 2.34. The molecule has 0 spiro atoms. The van der Waals surface area contributed by atoms with Crippen LogP contribution in [0.15, 0.2) is 0 Å². The van der Waals surface area contributed by atoms with E-state index in [4.69, 9.17) is 15.6 Å². The summed E-state index contributed by atoms with van der Waals surface area (Å²) in [6, 6.07) is 0.319. The number of hydrogen-bond acceptors (Lipinski definition) is 3. The zero-order chi connectivity index (χ0) is 14.0. The highest BCUT2D eigenvalue weighted by Crippen LogP contribution is 2.34. The standard InChI is InChI=1S/C15H27NO3/c1-9-8-12(4-5-13(9)16)19-14-6-3-11(15(17)18)7-10(14)2/h9-14H,3-8,16H2,1-2H3,(H,17,18). The molecule has 0 amide bonds. The minimum atomic E-state index is -0.650. The fourth-order valence-electron chi connectivity index (χ4n) is 3.54. The SMILES string of the molecule is CC1CC(OC2CCC(C(=O)O)CC2C)CCC1N. The molecule has 0 aromatic carbocycles. The van der Waals surface area contributed by atoms with Gasteiger partial charge in [-0.2, -0.15) is 0 Å². The van der Waals surface area contributed by atoms with Gasteiger partial charge in [-0.1, -0.05) is 13.8 Å². The third-order valence-electron chi connectivity index (χ3n) is 4.99. The topological polar surface area (TPSA) is 72.5 Å². The third kappa shape index (κ3) is 3.69. The second-order valence-electron chi connectivity index (χ2n) is 6.58. The van der Waals surface area contributed by atoms with Gasteiger partial charge in [-0.05, 0) is 50.4 Å². The first kappa shape index (κ1) is 14.8. The van der Waals surface area contributed by atoms with Crippen molar-refractivity contribution in [1.82, 2.24) is 0 Å². The van der Waals surface area contributed by atoms with Crippen molar-refractivity contribution in [3.63, 3.8) is 0 Å². The molecule has 3 N–H and O–H groups in total. The van der Waals surface area contributed by atoms with Gasteiger partial charge in [-0.15, -0.1) is 0 Å². The van der Waals surface area contributed by atoms with Gasteiger partial charge in [0.15, 0.2) is 0 Å². The number of carbonyl (C=O) groups is 1. The molecule has 2 rings (SSSR count). The Balaban J connectivity index is 1.82. The molecule has 6 unspecified atom stereocenters. The van der Waals surface area contributed by atoms with Crippen molar-refractivity contribution < 1.29 is 14.6 Å². The van der Waals surface area contributed by atoms with Gasteiger partial charge in [0.2, 0.25) is 0 Å². The number of nitrogens with two attached hydrogens (primary N) is 1. The summed E-state index contributed by atoms with van der Waals surface area (Å²) in [4.78, 5) is 11.0. The van der Waals surface area contributed by atoms with Gasteiger partial charge >= 0.3 is 5.97 Å². The van der Waals surface area contributed by atoms with Crippen molar-refractivity contribution in [2.45, 2.75) is 70.6 Å². The quantitative estimate of drug-likeness (QED) is 0.825. The molecule has 0 aromatic heterocycles. The monoisotopic (exact) mass is 269 g/mol. The summed E-state index contributed by atoms with van der Waals surface area (Å²) in [6.45, 7) is 4.32. The van der Waals surface area contributed by atoms with E-state index in [2.05, 4.69) is 13.8 Å². The molecule has 0 saturated heterocycles. The summed E-state index contributed by atoms with van der Waals surface area (Å²) < 4.78 is 6.24. The molecule has 6 atom stereocenters. The minimum absolute atomic E-state index is 0.173. The Morgan fingerprint density at radius 3 is 2.42 bits per heavy atom. The zero-order valence-corrected chi connectivity index (χ0v) is 12.0. The van der Waals surface area contributed by atoms with E-state index < -0.39 is 5.97 Å². The molecule has 2 aliphatic rings. The molecule has 19 heavy (non-hydrogen) atoms. The molecule has 0 bridgehead atoms. The fourth-order valence-corrected chi connectivity index (χ4v) is 3.54. The summed E-state index contributed by atoms with van der Waals surface area (Å²) >= 11 is 0. The van der Waals surface area contributed by atoms with E-state index in [9.17, 15) is 4.79 Å². The molecular weight excluding hydrogens is 242 g/mol. The Kier molecular flexibility index (Phi) is 4.85. The lowest BCUT2D eigenvalue weighted by molar-refractivity contribution is -0.146. The van der Waals surface area contributed by atoms with Crippen LogP contribution in [0.5, 0.6) is 0 Å². The lowest BCUT2D eigenvalue weighted by Crippen LogP contribution is -2.41. The summed E-state index contributed by atoms with van der Waals surface area (Å²) in [6.07, 6.45) is 6.10. The van der Waals surface area contributed by atoms with Crippen LogP contribution in [0.1, 0.15) is 52.4 Å². The van der Waals surface area contributed by atoms with Crippen molar-refractivity contribution in [2.75, 3.05) is 0 Å². The smallest absolute Gasteiger partial charge is 0.306 e. The predicted molar refractivity (Wildman–Crippen MR) is 73.8 cm³/mol. The number of carboxylic acid groups (broad SMARTS) is 1. The normalized spacial score (nSPS) is 43.9. The van der Waals surface area contributed by atoms with E-state index in [1.807, 2.05) is 0 Å². The van der Waals surface area contributed by atoms with Crippen molar-refractivity contribution in [3.8, 4) is 0 Å². The van der Waals surface area contributed by atoms with E-state index in [1.54, 1.807) is 0 Å². The van der Waals surface area contributed by atoms with Crippen LogP contribution in [0.2, 0.25) is 0 Å². The van der Waals surface area contributed by atoms with Gasteiger partial charge < -0.3 is 15.6 Å². The van der Waals surface area contributed by atoms with Crippen molar-refractivity contribution >= 4 is 5.97 Å². The fraction of sp³-hybridized carbons (Fsp3) is 0.933. The van der Waals surface area contributed by atoms with Crippen LogP contribution >= 0.6 is 0 Å². The van der Waals surface area contributed by atoms with Crippen molar-refractivity contribution in [2.24, 2.45) is 23.5 Å². The highest BCUT2D eigenvalue weighted by molar-refractivity contribution is 5.70. The Morgan fingerprint density at radius 2 is 1.84 bits per heavy atom. The summed E-state index contributed by atoms with van der Waals surface area (Å²) in [7, 11) is 0. The Bertz CT molecular complexity index is 321. The first-order chi connectivity index (χ1) is 8.97. The van der Waals surface area contributed by atoms with E-state index in [0.29, 0.717) is 24.0 Å². The molecule has 110 valence electrons. The average Bonchev–Trinajstić information content (AvgIpc) is 2.36. The van der Waals surface area contributed by atoms with Crippen LogP contribution in [0.3, 0.4) is 0 Å². The summed E-state index contributed by atoms with van der Waals surface area (Å²) in [5.41, 5.74) is 6.03. The van der Waals surface area contributed by atoms with Gasteiger partial charge in [-0.3, -0.25) is 4.79 Å². The van der Waals surface area contributed by atoms with E-state index >= 15 is 0 Å². The number of ether oxygens (including phenoxy) is 1. The van der Waals surface area contributed by atoms with Crippen molar-refractivity contribution in [1.29, 1.82) is 0 Å².